The molecule has 134 valence electrons. The molecule has 0 bridgehead atoms. The average molecular weight is 344 g/mol. The van der Waals surface area contributed by atoms with Gasteiger partial charge in [0, 0.05) is 38.0 Å². The van der Waals surface area contributed by atoms with Gasteiger partial charge in [0.15, 0.2) is 0 Å². The molecule has 1 saturated heterocycles. The molecule has 0 radical (unpaired) electrons. The Morgan fingerprint density at radius 3 is 2.76 bits per heavy atom. The number of rotatable bonds is 5. The van der Waals surface area contributed by atoms with E-state index in [-0.39, 0.29) is 5.91 Å². The van der Waals surface area contributed by atoms with Crippen LogP contribution in [-0.4, -0.2) is 66.2 Å². The van der Waals surface area contributed by atoms with Crippen molar-refractivity contribution in [2.24, 2.45) is 0 Å². The van der Waals surface area contributed by atoms with Gasteiger partial charge in [-0.3, -0.25) is 4.79 Å². The van der Waals surface area contributed by atoms with Crippen molar-refractivity contribution in [2.45, 2.75) is 19.3 Å². The number of hydrogen-bond donors (Lipinski definition) is 0. The summed E-state index contributed by atoms with van der Waals surface area (Å²) in [6, 6.07) is 7.47. The second kappa shape index (κ2) is 8.11. The van der Waals surface area contributed by atoms with Gasteiger partial charge in [-0.1, -0.05) is 5.16 Å². The summed E-state index contributed by atoms with van der Waals surface area (Å²) in [5.41, 5.74) is 0.859. The highest BCUT2D eigenvalue weighted by Gasteiger charge is 2.18. The van der Waals surface area contributed by atoms with E-state index in [1.165, 1.54) is 0 Å². The maximum absolute atomic E-state index is 12.4. The first-order valence-corrected chi connectivity index (χ1v) is 8.59. The lowest BCUT2D eigenvalue weighted by Gasteiger charge is -2.20. The molecule has 25 heavy (non-hydrogen) atoms. The van der Waals surface area contributed by atoms with Gasteiger partial charge >= 0.3 is 0 Å². The maximum Gasteiger partial charge on any atom is 0.227 e. The first-order chi connectivity index (χ1) is 12.2. The molecule has 1 aliphatic heterocycles. The molecule has 1 amide bonds. The summed E-state index contributed by atoms with van der Waals surface area (Å²) in [6.07, 6.45) is 1.88. The van der Waals surface area contributed by atoms with E-state index in [4.69, 9.17) is 9.26 Å². The minimum absolute atomic E-state index is 0.152. The van der Waals surface area contributed by atoms with Crippen LogP contribution in [0.25, 0.3) is 11.4 Å². The molecule has 0 spiro atoms. The largest absolute Gasteiger partial charge is 0.497 e. The predicted octanol–water partition coefficient (Wildman–Crippen LogP) is 1.84. The van der Waals surface area contributed by atoms with Crippen molar-refractivity contribution in [2.75, 3.05) is 40.3 Å². The fourth-order valence-electron chi connectivity index (χ4n) is 2.88. The third-order valence-corrected chi connectivity index (χ3v) is 4.44. The Labute approximate surface area is 147 Å². The van der Waals surface area contributed by atoms with E-state index in [2.05, 4.69) is 22.1 Å². The molecule has 1 aromatic carbocycles. The van der Waals surface area contributed by atoms with Gasteiger partial charge in [-0.2, -0.15) is 4.98 Å². The average Bonchev–Trinajstić information content (AvgIpc) is 3.01. The molecule has 7 nitrogen and oxygen atoms in total. The van der Waals surface area contributed by atoms with E-state index >= 15 is 0 Å². The van der Waals surface area contributed by atoms with Gasteiger partial charge in [0.1, 0.15) is 5.75 Å². The summed E-state index contributed by atoms with van der Waals surface area (Å²) in [4.78, 5) is 21.0. The van der Waals surface area contributed by atoms with Crippen LogP contribution in [0.2, 0.25) is 0 Å². The number of aryl methyl sites for hydroxylation is 1. The summed E-state index contributed by atoms with van der Waals surface area (Å²) < 4.78 is 10.4. The predicted molar refractivity (Wildman–Crippen MR) is 93.3 cm³/mol. The van der Waals surface area contributed by atoms with E-state index in [0.717, 1.165) is 43.9 Å². The summed E-state index contributed by atoms with van der Waals surface area (Å²) in [6.45, 7) is 3.58. The Bertz CT molecular complexity index is 699. The van der Waals surface area contributed by atoms with Gasteiger partial charge in [-0.15, -0.1) is 0 Å². The first-order valence-electron chi connectivity index (χ1n) is 8.59. The lowest BCUT2D eigenvalue weighted by Crippen LogP contribution is -2.34. The Morgan fingerprint density at radius 1 is 1.20 bits per heavy atom. The van der Waals surface area contributed by atoms with Gasteiger partial charge < -0.3 is 19.1 Å². The van der Waals surface area contributed by atoms with Gasteiger partial charge in [-0.25, -0.2) is 0 Å². The molecular formula is C18H24N4O3. The van der Waals surface area contributed by atoms with Crippen LogP contribution in [-0.2, 0) is 11.2 Å². The number of nitrogens with zero attached hydrogens (tertiary/aromatic N) is 4. The molecule has 3 rings (SSSR count). The van der Waals surface area contributed by atoms with Crippen LogP contribution in [0.4, 0.5) is 0 Å². The smallest absolute Gasteiger partial charge is 0.227 e. The normalized spacial score (nSPS) is 15.8. The molecule has 0 unspecified atom stereocenters. The van der Waals surface area contributed by atoms with Gasteiger partial charge in [0.05, 0.1) is 7.11 Å². The Balaban J connectivity index is 1.55. The Kier molecular flexibility index (Phi) is 5.65. The van der Waals surface area contributed by atoms with E-state index in [0.29, 0.717) is 24.6 Å². The number of carbonyl (C=O) groups is 1. The Morgan fingerprint density at radius 2 is 2.00 bits per heavy atom. The van der Waals surface area contributed by atoms with Crippen LogP contribution in [0.1, 0.15) is 18.7 Å². The lowest BCUT2D eigenvalue weighted by atomic mass is 10.2. The van der Waals surface area contributed by atoms with Crippen molar-refractivity contribution in [1.82, 2.24) is 19.9 Å². The molecule has 0 atom stereocenters. The highest BCUT2D eigenvalue weighted by Crippen LogP contribution is 2.20. The van der Waals surface area contributed by atoms with Crippen LogP contribution >= 0.6 is 0 Å². The van der Waals surface area contributed by atoms with Gasteiger partial charge in [0.25, 0.3) is 0 Å². The fourth-order valence-corrected chi connectivity index (χ4v) is 2.88. The van der Waals surface area contributed by atoms with Crippen molar-refractivity contribution in [3.8, 4) is 17.1 Å². The van der Waals surface area contributed by atoms with Crippen molar-refractivity contribution >= 4 is 5.91 Å². The molecule has 1 aromatic heterocycles. The molecule has 0 aliphatic carbocycles. The number of ether oxygens (including phenoxy) is 1. The number of carbonyl (C=O) groups excluding carboxylic acids is 1. The SMILES string of the molecule is COc1ccc(-c2noc(CCC(=O)N3CCCN(C)CC3)n2)cc1. The zero-order valence-corrected chi connectivity index (χ0v) is 14.8. The van der Waals surface area contributed by atoms with Crippen molar-refractivity contribution in [3.05, 3.63) is 30.2 Å². The summed E-state index contributed by atoms with van der Waals surface area (Å²) in [5, 5.41) is 4.00. The highest BCUT2D eigenvalue weighted by molar-refractivity contribution is 5.76. The van der Waals surface area contributed by atoms with E-state index < -0.39 is 0 Å². The number of likely N-dealkylation sites (N-methyl/N-ethyl adjacent to an activating group) is 1. The second-order valence-corrected chi connectivity index (χ2v) is 6.28. The molecule has 1 fully saturated rings. The molecule has 2 heterocycles. The zero-order valence-electron chi connectivity index (χ0n) is 14.8. The summed E-state index contributed by atoms with van der Waals surface area (Å²) in [5.74, 6) is 1.95. The van der Waals surface area contributed by atoms with E-state index in [1.807, 2.05) is 29.2 Å². The van der Waals surface area contributed by atoms with Crippen molar-refractivity contribution < 1.29 is 14.1 Å². The molecule has 7 heteroatoms. The summed E-state index contributed by atoms with van der Waals surface area (Å²) >= 11 is 0. The van der Waals surface area contributed by atoms with Gasteiger partial charge in [-0.05, 0) is 44.3 Å². The number of methoxy groups -OCH3 is 1. The first kappa shape index (κ1) is 17.4. The van der Waals surface area contributed by atoms with E-state index in [1.54, 1.807) is 7.11 Å². The van der Waals surface area contributed by atoms with Crippen molar-refractivity contribution in [1.29, 1.82) is 0 Å². The van der Waals surface area contributed by atoms with E-state index in [9.17, 15) is 4.79 Å². The quantitative estimate of drug-likeness (QED) is 0.824. The monoisotopic (exact) mass is 344 g/mol. The van der Waals surface area contributed by atoms with Crippen LogP contribution in [0.5, 0.6) is 5.75 Å². The van der Waals surface area contributed by atoms with Crippen LogP contribution in [0.15, 0.2) is 28.8 Å². The van der Waals surface area contributed by atoms with Crippen LogP contribution in [0.3, 0.4) is 0 Å². The maximum atomic E-state index is 12.4. The minimum atomic E-state index is 0.152. The number of aromatic nitrogens is 2. The molecule has 2 aromatic rings. The van der Waals surface area contributed by atoms with Crippen molar-refractivity contribution in [3.63, 3.8) is 0 Å². The minimum Gasteiger partial charge on any atom is -0.497 e. The number of benzene rings is 1. The van der Waals surface area contributed by atoms with Gasteiger partial charge in [0.2, 0.25) is 17.6 Å². The summed E-state index contributed by atoms with van der Waals surface area (Å²) in [7, 11) is 3.72. The molecule has 1 aliphatic rings. The third-order valence-electron chi connectivity index (χ3n) is 4.44. The zero-order chi connectivity index (χ0) is 17.6. The number of amides is 1. The molecule has 0 saturated carbocycles. The Hall–Kier alpha value is -2.41. The fraction of sp³-hybridized carbons (Fsp3) is 0.500. The van der Waals surface area contributed by atoms with Crippen LogP contribution in [0, 0.1) is 0 Å². The molecular weight excluding hydrogens is 320 g/mol. The third kappa shape index (κ3) is 4.57. The van der Waals surface area contributed by atoms with Crippen LogP contribution < -0.4 is 4.74 Å². The topological polar surface area (TPSA) is 71.7 Å². The molecule has 0 N–H and O–H groups in total. The standard InChI is InChI=1S/C18H24N4O3/c1-21-10-3-11-22(13-12-21)17(23)9-8-16-19-18(20-25-16)14-4-6-15(24-2)7-5-14/h4-7H,3,8-13H2,1-2H3. The number of hydrogen-bond acceptors (Lipinski definition) is 6. The second-order valence-electron chi connectivity index (χ2n) is 6.28. The highest BCUT2D eigenvalue weighted by atomic mass is 16.5. The lowest BCUT2D eigenvalue weighted by molar-refractivity contribution is -0.131.